The van der Waals surface area contributed by atoms with E-state index in [0.29, 0.717) is 0 Å². The van der Waals surface area contributed by atoms with Gasteiger partial charge in [0.1, 0.15) is 0 Å². The van der Waals surface area contributed by atoms with Crippen molar-refractivity contribution in [2.45, 2.75) is 19.3 Å². The first kappa shape index (κ1) is 13.7. The van der Waals surface area contributed by atoms with Gasteiger partial charge in [-0.3, -0.25) is 0 Å². The van der Waals surface area contributed by atoms with Crippen LogP contribution in [-0.4, -0.2) is 24.0 Å². The summed E-state index contributed by atoms with van der Waals surface area (Å²) in [5.74, 6) is 1.59. The zero-order chi connectivity index (χ0) is 13.2. The number of hydrogen-bond donors (Lipinski definition) is 0. The average Bonchev–Trinajstić information content (AvgIpc) is 2.83. The van der Waals surface area contributed by atoms with Crippen LogP contribution in [0.2, 0.25) is 0 Å². The molecule has 0 N–H and O–H groups in total. The van der Waals surface area contributed by atoms with Crippen LogP contribution in [0.15, 0.2) is 22.7 Å². The normalized spacial score (nSPS) is 17.3. The molecule has 1 aromatic carbocycles. The molecule has 2 heterocycles. The molecule has 2 nitrogen and oxygen atoms in total. The maximum absolute atomic E-state index is 5.83. The molecule has 0 spiro atoms. The van der Waals surface area contributed by atoms with Gasteiger partial charge in [0.25, 0.3) is 0 Å². The lowest BCUT2D eigenvalue weighted by Crippen LogP contribution is -2.33. The maximum Gasteiger partial charge on any atom is 0.186 e. The van der Waals surface area contributed by atoms with Crippen LogP contribution < -0.4 is 4.90 Å². The molecule has 0 bridgehead atoms. The number of halogens is 2. The van der Waals surface area contributed by atoms with Crippen molar-refractivity contribution in [1.29, 1.82) is 0 Å². The van der Waals surface area contributed by atoms with E-state index in [1.807, 2.05) is 0 Å². The van der Waals surface area contributed by atoms with Crippen molar-refractivity contribution in [3.05, 3.63) is 22.7 Å². The third-order valence-corrected chi connectivity index (χ3v) is 5.53. The predicted octanol–water partition coefficient (Wildman–Crippen LogP) is 4.90. The van der Waals surface area contributed by atoms with Crippen molar-refractivity contribution in [1.82, 2.24) is 4.98 Å². The predicted molar refractivity (Wildman–Crippen MR) is 87.6 cm³/mol. The molecule has 1 aromatic heterocycles. The Morgan fingerprint density at radius 3 is 2.89 bits per heavy atom. The topological polar surface area (TPSA) is 16.1 Å². The monoisotopic (exact) mass is 358 g/mol. The van der Waals surface area contributed by atoms with Gasteiger partial charge in [0.2, 0.25) is 0 Å². The molecule has 0 unspecified atom stereocenters. The number of nitrogens with zero attached hydrogens (tertiary/aromatic N) is 2. The summed E-state index contributed by atoms with van der Waals surface area (Å²) in [6.07, 6.45) is 3.64. The highest BCUT2D eigenvalue weighted by molar-refractivity contribution is 9.10. The highest BCUT2D eigenvalue weighted by Gasteiger charge is 2.21. The van der Waals surface area contributed by atoms with E-state index in [9.17, 15) is 0 Å². The van der Waals surface area contributed by atoms with Gasteiger partial charge < -0.3 is 4.90 Å². The average molecular weight is 360 g/mol. The van der Waals surface area contributed by atoms with Gasteiger partial charge in [-0.1, -0.05) is 27.3 Å². The van der Waals surface area contributed by atoms with Crippen LogP contribution >= 0.6 is 38.9 Å². The summed E-state index contributed by atoms with van der Waals surface area (Å²) >= 11 is 11.1. The highest BCUT2D eigenvalue weighted by atomic mass is 79.9. The van der Waals surface area contributed by atoms with Crippen molar-refractivity contribution in [3.63, 3.8) is 0 Å². The number of piperidine rings is 1. The lowest BCUT2D eigenvalue weighted by molar-refractivity contribution is 0.396. The first-order valence-electron chi connectivity index (χ1n) is 6.63. The Bertz CT molecular complexity index is 564. The molecule has 19 heavy (non-hydrogen) atoms. The lowest BCUT2D eigenvalue weighted by Gasteiger charge is -2.31. The largest absolute Gasteiger partial charge is 0.348 e. The van der Waals surface area contributed by atoms with Crippen LogP contribution in [0, 0.1) is 5.92 Å². The van der Waals surface area contributed by atoms with E-state index in [2.05, 4.69) is 39.0 Å². The van der Waals surface area contributed by atoms with E-state index >= 15 is 0 Å². The molecule has 0 atom stereocenters. The first-order chi connectivity index (χ1) is 9.26. The fourth-order valence-electron chi connectivity index (χ4n) is 2.59. The van der Waals surface area contributed by atoms with Gasteiger partial charge in [0.05, 0.1) is 10.2 Å². The molecule has 1 saturated heterocycles. The molecule has 5 heteroatoms. The van der Waals surface area contributed by atoms with Crippen molar-refractivity contribution in [2.75, 3.05) is 23.9 Å². The Labute approximate surface area is 130 Å². The van der Waals surface area contributed by atoms with Gasteiger partial charge in [-0.25, -0.2) is 4.98 Å². The summed E-state index contributed by atoms with van der Waals surface area (Å²) in [4.78, 5) is 7.17. The number of thiazole rings is 1. The fraction of sp³-hybridized carbons (Fsp3) is 0.500. The minimum Gasteiger partial charge on any atom is -0.348 e. The Balaban J connectivity index is 1.74. The summed E-state index contributed by atoms with van der Waals surface area (Å²) in [5.41, 5.74) is 1.10. The molecule has 0 saturated carbocycles. The van der Waals surface area contributed by atoms with Crippen LogP contribution in [0.3, 0.4) is 0 Å². The highest BCUT2D eigenvalue weighted by Crippen LogP contribution is 2.33. The van der Waals surface area contributed by atoms with Gasteiger partial charge in [0.15, 0.2) is 5.13 Å². The van der Waals surface area contributed by atoms with E-state index in [4.69, 9.17) is 16.6 Å². The van der Waals surface area contributed by atoms with Crippen molar-refractivity contribution >= 4 is 54.2 Å². The van der Waals surface area contributed by atoms with Crippen molar-refractivity contribution < 1.29 is 0 Å². The summed E-state index contributed by atoms with van der Waals surface area (Å²) in [6, 6.07) is 6.29. The van der Waals surface area contributed by atoms with E-state index in [1.54, 1.807) is 11.3 Å². The summed E-state index contributed by atoms with van der Waals surface area (Å²) in [6.45, 7) is 2.23. The van der Waals surface area contributed by atoms with Gasteiger partial charge in [-0.15, -0.1) is 11.6 Å². The maximum atomic E-state index is 5.83. The number of hydrogen-bond acceptors (Lipinski definition) is 3. The minimum absolute atomic E-state index is 0.791. The van der Waals surface area contributed by atoms with Gasteiger partial charge in [-0.2, -0.15) is 0 Å². The smallest absolute Gasteiger partial charge is 0.186 e. The summed E-state index contributed by atoms with van der Waals surface area (Å²) in [7, 11) is 0. The van der Waals surface area contributed by atoms with Gasteiger partial charge in [-0.05, 0) is 43.4 Å². The Kier molecular flexibility index (Phi) is 4.30. The van der Waals surface area contributed by atoms with Gasteiger partial charge in [0, 0.05) is 23.4 Å². The van der Waals surface area contributed by atoms with Gasteiger partial charge >= 0.3 is 0 Å². The van der Waals surface area contributed by atoms with Crippen molar-refractivity contribution in [2.24, 2.45) is 5.92 Å². The summed E-state index contributed by atoms with van der Waals surface area (Å²) < 4.78 is 2.38. The van der Waals surface area contributed by atoms with Crippen LogP contribution in [-0.2, 0) is 0 Å². The molecule has 0 radical (unpaired) electrons. The van der Waals surface area contributed by atoms with Crippen LogP contribution in [0.25, 0.3) is 10.2 Å². The third-order valence-electron chi connectivity index (χ3n) is 3.74. The second-order valence-corrected chi connectivity index (χ2v) is 7.32. The number of anilines is 1. The number of fused-ring (bicyclic) bond motifs is 1. The van der Waals surface area contributed by atoms with E-state index < -0.39 is 0 Å². The Morgan fingerprint density at radius 1 is 1.37 bits per heavy atom. The molecular weight excluding hydrogens is 344 g/mol. The molecule has 0 aliphatic carbocycles. The number of rotatable bonds is 3. The second-order valence-electron chi connectivity index (χ2n) is 5.02. The van der Waals surface area contributed by atoms with E-state index in [-0.39, 0.29) is 0 Å². The molecule has 0 amide bonds. The quantitative estimate of drug-likeness (QED) is 0.724. The fourth-order valence-corrected chi connectivity index (χ4v) is 4.47. The van der Waals surface area contributed by atoms with E-state index in [0.717, 1.165) is 46.4 Å². The first-order valence-corrected chi connectivity index (χ1v) is 8.77. The lowest BCUT2D eigenvalue weighted by atomic mass is 9.95. The molecule has 102 valence electrons. The molecule has 1 aliphatic rings. The zero-order valence-corrected chi connectivity index (χ0v) is 13.8. The standard InChI is InChI=1S/C14H16BrClN2S/c15-11-1-2-12-13(9-11)19-14(17-12)18-7-4-10(3-6-16)5-8-18/h1-2,9-10H,3-8H2. The molecule has 1 aliphatic heterocycles. The number of alkyl halides is 1. The number of aromatic nitrogens is 1. The van der Waals surface area contributed by atoms with Crippen LogP contribution in [0.4, 0.5) is 5.13 Å². The Hall–Kier alpha value is -0.320. The van der Waals surface area contributed by atoms with E-state index in [1.165, 1.54) is 17.5 Å². The zero-order valence-electron chi connectivity index (χ0n) is 10.6. The minimum atomic E-state index is 0.791. The molecular formula is C14H16BrClN2S. The Morgan fingerprint density at radius 2 is 2.16 bits per heavy atom. The second kappa shape index (κ2) is 5.98. The number of benzene rings is 1. The molecule has 1 fully saturated rings. The molecule has 2 aromatic rings. The van der Waals surface area contributed by atoms with Crippen LogP contribution in [0.5, 0.6) is 0 Å². The van der Waals surface area contributed by atoms with Crippen molar-refractivity contribution in [3.8, 4) is 0 Å². The molecule has 3 rings (SSSR count). The SMILES string of the molecule is ClCCC1CCN(c2nc3ccc(Br)cc3s2)CC1. The van der Waals surface area contributed by atoms with Crippen LogP contribution in [0.1, 0.15) is 19.3 Å². The summed E-state index contributed by atoms with van der Waals surface area (Å²) in [5, 5.41) is 1.16. The third kappa shape index (κ3) is 3.06.